The maximum atomic E-state index is 9.72. The van der Waals surface area contributed by atoms with E-state index in [0.717, 1.165) is 10.9 Å². The van der Waals surface area contributed by atoms with Gasteiger partial charge in [-0.2, -0.15) is 0 Å². The van der Waals surface area contributed by atoms with Crippen LogP contribution >= 0.6 is 0 Å². The second-order valence-electron chi connectivity index (χ2n) is 4.62. The van der Waals surface area contributed by atoms with Crippen molar-refractivity contribution >= 4 is 10.8 Å². The van der Waals surface area contributed by atoms with Gasteiger partial charge in [-0.1, -0.05) is 26.0 Å². The molecular formula is C14H18N2O. The molecule has 1 heterocycles. The summed E-state index contributed by atoms with van der Waals surface area (Å²) in [6.07, 6.45) is 3.14. The Morgan fingerprint density at radius 1 is 1.29 bits per heavy atom. The summed E-state index contributed by atoms with van der Waals surface area (Å²) in [5.74, 6) is 0.441. The molecule has 90 valence electrons. The second kappa shape index (κ2) is 4.82. The summed E-state index contributed by atoms with van der Waals surface area (Å²) >= 11 is 0. The van der Waals surface area contributed by atoms with Crippen LogP contribution in [0.25, 0.3) is 10.8 Å². The van der Waals surface area contributed by atoms with Crippen LogP contribution in [0.5, 0.6) is 0 Å². The topological polar surface area (TPSA) is 59.1 Å². The summed E-state index contributed by atoms with van der Waals surface area (Å²) in [5.41, 5.74) is 7.54. The predicted molar refractivity (Wildman–Crippen MR) is 69.8 cm³/mol. The number of fused-ring (bicyclic) bond motifs is 1. The lowest BCUT2D eigenvalue weighted by molar-refractivity contribution is 0.187. The molecule has 0 spiro atoms. The van der Waals surface area contributed by atoms with Crippen molar-refractivity contribution in [3.63, 3.8) is 0 Å². The SMILES string of the molecule is CC(C)c1cncc2cc(C(O)CN)ccc12. The van der Waals surface area contributed by atoms with E-state index in [4.69, 9.17) is 5.73 Å². The molecule has 0 radical (unpaired) electrons. The summed E-state index contributed by atoms with van der Waals surface area (Å²) in [5, 5.41) is 12.0. The van der Waals surface area contributed by atoms with Crippen LogP contribution in [0, 0.1) is 0 Å². The van der Waals surface area contributed by atoms with Crippen LogP contribution in [-0.4, -0.2) is 16.6 Å². The molecule has 0 fully saturated rings. The number of benzene rings is 1. The molecule has 0 aliphatic carbocycles. The van der Waals surface area contributed by atoms with Crippen molar-refractivity contribution in [1.82, 2.24) is 4.98 Å². The monoisotopic (exact) mass is 230 g/mol. The van der Waals surface area contributed by atoms with Gasteiger partial charge in [-0.15, -0.1) is 0 Å². The normalized spacial score (nSPS) is 13.2. The molecule has 0 aliphatic rings. The van der Waals surface area contributed by atoms with Gasteiger partial charge < -0.3 is 10.8 Å². The van der Waals surface area contributed by atoms with Crippen LogP contribution in [0.2, 0.25) is 0 Å². The van der Waals surface area contributed by atoms with Gasteiger partial charge in [0.05, 0.1) is 6.10 Å². The molecule has 0 amide bonds. The maximum Gasteiger partial charge on any atom is 0.0912 e. The number of aromatic nitrogens is 1. The number of hydrogen-bond acceptors (Lipinski definition) is 3. The van der Waals surface area contributed by atoms with Crippen molar-refractivity contribution in [1.29, 1.82) is 0 Å². The Balaban J connectivity index is 2.57. The van der Waals surface area contributed by atoms with Crippen LogP contribution in [0.3, 0.4) is 0 Å². The maximum absolute atomic E-state index is 9.72. The van der Waals surface area contributed by atoms with Crippen molar-refractivity contribution in [3.05, 3.63) is 41.7 Å². The molecule has 17 heavy (non-hydrogen) atoms. The highest BCUT2D eigenvalue weighted by Crippen LogP contribution is 2.26. The van der Waals surface area contributed by atoms with E-state index in [0.29, 0.717) is 5.92 Å². The fourth-order valence-electron chi connectivity index (χ4n) is 2.02. The fraction of sp³-hybridized carbons (Fsp3) is 0.357. The average molecular weight is 230 g/mol. The molecule has 0 saturated carbocycles. The van der Waals surface area contributed by atoms with Gasteiger partial charge >= 0.3 is 0 Å². The predicted octanol–water partition coefficient (Wildman–Crippen LogP) is 2.35. The lowest BCUT2D eigenvalue weighted by atomic mass is 9.96. The first-order valence-corrected chi connectivity index (χ1v) is 5.89. The molecule has 0 saturated heterocycles. The van der Waals surface area contributed by atoms with E-state index < -0.39 is 6.10 Å². The lowest BCUT2D eigenvalue weighted by Crippen LogP contribution is -2.11. The largest absolute Gasteiger partial charge is 0.387 e. The average Bonchev–Trinajstić information content (AvgIpc) is 2.36. The molecule has 1 unspecified atom stereocenters. The molecule has 0 bridgehead atoms. The lowest BCUT2D eigenvalue weighted by Gasteiger charge is -2.12. The minimum absolute atomic E-state index is 0.239. The van der Waals surface area contributed by atoms with E-state index in [1.165, 1.54) is 10.9 Å². The van der Waals surface area contributed by atoms with Crippen molar-refractivity contribution in [2.75, 3.05) is 6.54 Å². The molecule has 3 heteroatoms. The number of aliphatic hydroxyl groups excluding tert-OH is 1. The number of pyridine rings is 1. The molecular weight excluding hydrogens is 212 g/mol. The van der Waals surface area contributed by atoms with Gasteiger partial charge in [-0.25, -0.2) is 0 Å². The van der Waals surface area contributed by atoms with E-state index in [-0.39, 0.29) is 6.54 Å². The summed E-state index contributed by atoms with van der Waals surface area (Å²) in [4.78, 5) is 4.25. The number of aliphatic hydroxyl groups is 1. The third-order valence-corrected chi connectivity index (χ3v) is 3.04. The first-order valence-electron chi connectivity index (χ1n) is 5.89. The zero-order valence-corrected chi connectivity index (χ0v) is 10.2. The standard InChI is InChI=1S/C14H18N2O/c1-9(2)13-8-16-7-11-5-10(14(17)6-15)3-4-12(11)13/h3-5,7-9,14,17H,6,15H2,1-2H3. The number of nitrogens with zero attached hydrogens (tertiary/aromatic N) is 1. The van der Waals surface area contributed by atoms with E-state index in [1.54, 1.807) is 0 Å². The van der Waals surface area contributed by atoms with Crippen molar-refractivity contribution in [2.45, 2.75) is 25.9 Å². The molecule has 1 aromatic carbocycles. The number of nitrogens with two attached hydrogens (primary N) is 1. The highest BCUT2D eigenvalue weighted by Gasteiger charge is 2.09. The van der Waals surface area contributed by atoms with E-state index in [9.17, 15) is 5.11 Å². The molecule has 1 aromatic heterocycles. The Morgan fingerprint density at radius 3 is 2.71 bits per heavy atom. The highest BCUT2D eigenvalue weighted by atomic mass is 16.3. The minimum Gasteiger partial charge on any atom is -0.387 e. The fourth-order valence-corrected chi connectivity index (χ4v) is 2.02. The van der Waals surface area contributed by atoms with Crippen molar-refractivity contribution < 1.29 is 5.11 Å². The summed E-state index contributed by atoms with van der Waals surface area (Å²) in [6, 6.07) is 5.94. The smallest absolute Gasteiger partial charge is 0.0912 e. The molecule has 1 atom stereocenters. The van der Waals surface area contributed by atoms with Crippen LogP contribution < -0.4 is 5.73 Å². The van der Waals surface area contributed by atoms with Gasteiger partial charge in [-0.3, -0.25) is 4.98 Å². The van der Waals surface area contributed by atoms with E-state index in [2.05, 4.69) is 18.8 Å². The van der Waals surface area contributed by atoms with Gasteiger partial charge in [0.2, 0.25) is 0 Å². The molecule has 3 nitrogen and oxygen atoms in total. The van der Waals surface area contributed by atoms with Crippen LogP contribution in [0.1, 0.15) is 37.0 Å². The summed E-state index contributed by atoms with van der Waals surface area (Å²) in [7, 11) is 0. The number of rotatable bonds is 3. The quantitative estimate of drug-likeness (QED) is 0.851. The Morgan fingerprint density at radius 2 is 2.06 bits per heavy atom. The Labute approximate surface area is 101 Å². The Hall–Kier alpha value is -1.45. The first kappa shape index (κ1) is 12.0. The third kappa shape index (κ3) is 2.30. The zero-order chi connectivity index (χ0) is 12.4. The van der Waals surface area contributed by atoms with Gasteiger partial charge in [0.25, 0.3) is 0 Å². The molecule has 3 N–H and O–H groups in total. The van der Waals surface area contributed by atoms with Crippen LogP contribution in [-0.2, 0) is 0 Å². The van der Waals surface area contributed by atoms with E-state index >= 15 is 0 Å². The van der Waals surface area contributed by atoms with Crippen LogP contribution in [0.4, 0.5) is 0 Å². The van der Waals surface area contributed by atoms with E-state index in [1.807, 2.05) is 30.6 Å². The Kier molecular flexibility index (Phi) is 3.41. The van der Waals surface area contributed by atoms with Crippen molar-refractivity contribution in [3.8, 4) is 0 Å². The van der Waals surface area contributed by atoms with Crippen molar-refractivity contribution in [2.24, 2.45) is 5.73 Å². The zero-order valence-electron chi connectivity index (χ0n) is 10.2. The van der Waals surface area contributed by atoms with Gasteiger partial charge in [-0.05, 0) is 28.5 Å². The van der Waals surface area contributed by atoms with Gasteiger partial charge in [0, 0.05) is 24.3 Å². The Bertz CT molecular complexity index is 523. The first-order chi connectivity index (χ1) is 8.13. The molecule has 0 aliphatic heterocycles. The second-order valence-corrected chi connectivity index (χ2v) is 4.62. The van der Waals surface area contributed by atoms with Gasteiger partial charge in [0.15, 0.2) is 0 Å². The van der Waals surface area contributed by atoms with Gasteiger partial charge in [0.1, 0.15) is 0 Å². The summed E-state index contributed by atoms with van der Waals surface area (Å²) < 4.78 is 0. The summed E-state index contributed by atoms with van der Waals surface area (Å²) in [6.45, 7) is 4.54. The highest BCUT2D eigenvalue weighted by molar-refractivity contribution is 5.85. The third-order valence-electron chi connectivity index (χ3n) is 3.04. The number of hydrogen-bond donors (Lipinski definition) is 2. The molecule has 2 aromatic rings. The van der Waals surface area contributed by atoms with Crippen LogP contribution in [0.15, 0.2) is 30.6 Å². The molecule has 2 rings (SSSR count). The minimum atomic E-state index is -0.595.